The van der Waals surface area contributed by atoms with Gasteiger partial charge in [0.25, 0.3) is 0 Å². The van der Waals surface area contributed by atoms with E-state index >= 15 is 0 Å². The number of morpholine rings is 1. The third-order valence-corrected chi connectivity index (χ3v) is 6.59. The van der Waals surface area contributed by atoms with E-state index in [9.17, 15) is 0 Å². The lowest BCUT2D eigenvalue weighted by molar-refractivity contribution is 0.0360. The van der Waals surface area contributed by atoms with Crippen LogP contribution in [-0.4, -0.2) is 67.7 Å². The van der Waals surface area contributed by atoms with Gasteiger partial charge in [0, 0.05) is 49.1 Å². The largest absolute Gasteiger partial charge is 0.379 e. The van der Waals surface area contributed by atoms with Crippen molar-refractivity contribution in [1.29, 1.82) is 0 Å². The summed E-state index contributed by atoms with van der Waals surface area (Å²) < 4.78 is 7.42. The van der Waals surface area contributed by atoms with Gasteiger partial charge < -0.3 is 10.1 Å². The van der Waals surface area contributed by atoms with E-state index in [2.05, 4.69) is 50.5 Å². The van der Waals surface area contributed by atoms with Gasteiger partial charge in [-0.25, -0.2) is 4.98 Å². The smallest absolute Gasteiger partial charge is 0.211 e. The Bertz CT molecular complexity index is 1200. The van der Waals surface area contributed by atoms with Crippen molar-refractivity contribution in [1.82, 2.24) is 34.8 Å². The lowest BCUT2D eigenvalue weighted by Gasteiger charge is -2.26. The fourth-order valence-corrected chi connectivity index (χ4v) is 4.40. The molecule has 1 saturated heterocycles. The highest BCUT2D eigenvalue weighted by molar-refractivity contribution is 7.15. The molecule has 0 spiro atoms. The summed E-state index contributed by atoms with van der Waals surface area (Å²) in [4.78, 5) is 11.7. The van der Waals surface area contributed by atoms with Gasteiger partial charge in [0.2, 0.25) is 5.13 Å². The summed E-state index contributed by atoms with van der Waals surface area (Å²) in [6, 6.07) is 5.88. The molecule has 5 heterocycles. The Labute approximate surface area is 190 Å². The molecule has 1 aliphatic heterocycles. The van der Waals surface area contributed by atoms with Crippen molar-refractivity contribution in [3.8, 4) is 11.1 Å². The molecule has 10 heteroatoms. The van der Waals surface area contributed by atoms with Crippen molar-refractivity contribution in [2.75, 3.05) is 38.2 Å². The zero-order valence-corrected chi connectivity index (χ0v) is 19.0. The monoisotopic (exact) mass is 450 g/mol. The molecule has 4 aromatic rings. The third kappa shape index (κ3) is 4.62. The number of aromatic nitrogens is 6. The van der Waals surface area contributed by atoms with Crippen molar-refractivity contribution in [3.63, 3.8) is 0 Å². The lowest BCUT2D eigenvalue weighted by atomic mass is 10.1. The second kappa shape index (κ2) is 9.27. The molecule has 0 aromatic carbocycles. The molecule has 0 aliphatic carbocycles. The van der Waals surface area contributed by atoms with E-state index in [1.54, 1.807) is 11.3 Å². The second-order valence-corrected chi connectivity index (χ2v) is 9.10. The maximum Gasteiger partial charge on any atom is 0.211 e. The van der Waals surface area contributed by atoms with E-state index in [-0.39, 0.29) is 0 Å². The van der Waals surface area contributed by atoms with E-state index in [0.29, 0.717) is 5.92 Å². The number of ether oxygens (including phenoxy) is 1. The van der Waals surface area contributed by atoms with Gasteiger partial charge in [-0.1, -0.05) is 25.2 Å². The summed E-state index contributed by atoms with van der Waals surface area (Å²) in [6.07, 6.45) is 5.80. The standard InChI is InChI=1S/C22H26N8OS/c1-15(2)21-27-28-22(32-21)26-19-4-3-18-20(25-19)17(5-6-23-18)16-13-24-30(14-16)8-7-29-9-11-31-12-10-29/h3-6,13-15H,7-12H2,1-2H3,(H,25,26,28). The summed E-state index contributed by atoms with van der Waals surface area (Å²) in [7, 11) is 0. The van der Waals surface area contributed by atoms with Crippen LogP contribution in [0.15, 0.2) is 36.8 Å². The van der Waals surface area contributed by atoms with Crippen LogP contribution in [0.25, 0.3) is 22.2 Å². The van der Waals surface area contributed by atoms with Crippen LogP contribution in [0, 0.1) is 0 Å². The zero-order chi connectivity index (χ0) is 21.9. The number of hydrogen-bond acceptors (Lipinski definition) is 9. The molecule has 0 amide bonds. The minimum absolute atomic E-state index is 0.350. The summed E-state index contributed by atoms with van der Waals surface area (Å²) in [6.45, 7) is 9.62. The number of fused-ring (bicyclic) bond motifs is 1. The van der Waals surface area contributed by atoms with Gasteiger partial charge in [-0.15, -0.1) is 10.2 Å². The Morgan fingerprint density at radius 1 is 1.12 bits per heavy atom. The average molecular weight is 451 g/mol. The van der Waals surface area contributed by atoms with Crippen LogP contribution in [0.3, 0.4) is 0 Å². The van der Waals surface area contributed by atoms with Crippen molar-refractivity contribution in [3.05, 3.63) is 41.8 Å². The predicted molar refractivity (Wildman–Crippen MR) is 125 cm³/mol. The number of nitrogens with one attached hydrogen (secondary N) is 1. The van der Waals surface area contributed by atoms with Crippen LogP contribution in [0.5, 0.6) is 0 Å². The van der Waals surface area contributed by atoms with Gasteiger partial charge in [-0.05, 0) is 18.2 Å². The van der Waals surface area contributed by atoms with E-state index in [0.717, 1.165) is 77.5 Å². The normalized spacial score (nSPS) is 15.0. The highest BCUT2D eigenvalue weighted by atomic mass is 32.1. The van der Waals surface area contributed by atoms with E-state index in [1.807, 2.05) is 35.3 Å². The molecule has 5 rings (SSSR count). The molecule has 1 N–H and O–H groups in total. The molecule has 1 aliphatic rings. The van der Waals surface area contributed by atoms with Gasteiger partial charge in [0.05, 0.1) is 37.0 Å². The van der Waals surface area contributed by atoms with E-state index in [4.69, 9.17) is 9.72 Å². The molecule has 0 bridgehead atoms. The van der Waals surface area contributed by atoms with Crippen LogP contribution in [0.2, 0.25) is 0 Å². The minimum atomic E-state index is 0.350. The van der Waals surface area contributed by atoms with Crippen molar-refractivity contribution in [2.45, 2.75) is 26.3 Å². The first kappa shape index (κ1) is 20.9. The number of nitrogens with zero attached hydrogens (tertiary/aromatic N) is 7. The van der Waals surface area contributed by atoms with Crippen LogP contribution in [0.1, 0.15) is 24.8 Å². The van der Waals surface area contributed by atoms with Gasteiger partial charge in [0.1, 0.15) is 10.8 Å². The first-order valence-corrected chi connectivity index (χ1v) is 11.7. The molecule has 166 valence electrons. The average Bonchev–Trinajstić information content (AvgIpc) is 3.48. The Balaban J connectivity index is 1.36. The molecular weight excluding hydrogens is 424 g/mol. The Kier molecular flexibility index (Phi) is 6.06. The highest BCUT2D eigenvalue weighted by Gasteiger charge is 2.13. The van der Waals surface area contributed by atoms with E-state index in [1.165, 1.54) is 0 Å². The van der Waals surface area contributed by atoms with Crippen molar-refractivity contribution in [2.24, 2.45) is 0 Å². The Morgan fingerprint density at radius 3 is 2.81 bits per heavy atom. The van der Waals surface area contributed by atoms with Crippen molar-refractivity contribution >= 4 is 33.3 Å². The molecule has 0 unspecified atom stereocenters. The fraction of sp³-hybridized carbons (Fsp3) is 0.409. The molecule has 0 radical (unpaired) electrons. The fourth-order valence-electron chi connectivity index (χ4n) is 3.65. The second-order valence-electron chi connectivity index (χ2n) is 8.09. The molecule has 9 nitrogen and oxygen atoms in total. The lowest BCUT2D eigenvalue weighted by Crippen LogP contribution is -2.38. The SMILES string of the molecule is CC(C)c1nnc(Nc2ccc3nccc(-c4cnn(CCN5CCOCC5)c4)c3n2)s1. The summed E-state index contributed by atoms with van der Waals surface area (Å²) in [5, 5.41) is 18.1. The molecule has 0 saturated carbocycles. The first-order valence-electron chi connectivity index (χ1n) is 10.8. The minimum Gasteiger partial charge on any atom is -0.379 e. The third-order valence-electron chi connectivity index (χ3n) is 5.45. The predicted octanol–water partition coefficient (Wildman–Crippen LogP) is 3.54. The maximum atomic E-state index is 5.42. The number of pyridine rings is 2. The summed E-state index contributed by atoms with van der Waals surface area (Å²) >= 11 is 1.55. The highest BCUT2D eigenvalue weighted by Crippen LogP contribution is 2.29. The number of rotatable bonds is 7. The Hall–Kier alpha value is -2.95. The van der Waals surface area contributed by atoms with Crippen LogP contribution in [-0.2, 0) is 11.3 Å². The molecule has 4 aromatic heterocycles. The van der Waals surface area contributed by atoms with Gasteiger partial charge in [-0.2, -0.15) is 5.10 Å². The number of anilines is 2. The number of hydrogen-bond donors (Lipinski definition) is 1. The van der Waals surface area contributed by atoms with Crippen LogP contribution < -0.4 is 5.32 Å². The van der Waals surface area contributed by atoms with Gasteiger partial charge >= 0.3 is 0 Å². The quantitative estimate of drug-likeness (QED) is 0.457. The molecule has 0 atom stereocenters. The van der Waals surface area contributed by atoms with Gasteiger partial charge in [-0.3, -0.25) is 14.6 Å². The zero-order valence-electron chi connectivity index (χ0n) is 18.2. The van der Waals surface area contributed by atoms with Crippen molar-refractivity contribution < 1.29 is 4.74 Å². The molecule has 32 heavy (non-hydrogen) atoms. The van der Waals surface area contributed by atoms with E-state index < -0.39 is 0 Å². The summed E-state index contributed by atoms with van der Waals surface area (Å²) in [5.41, 5.74) is 3.71. The topological polar surface area (TPSA) is 93.9 Å². The first-order chi connectivity index (χ1) is 15.7. The molecular formula is C22H26N8OS. The Morgan fingerprint density at radius 2 is 2.00 bits per heavy atom. The summed E-state index contributed by atoms with van der Waals surface area (Å²) in [5.74, 6) is 1.07. The van der Waals surface area contributed by atoms with Crippen LogP contribution in [0.4, 0.5) is 10.9 Å². The molecule has 1 fully saturated rings. The maximum absolute atomic E-state index is 5.42. The van der Waals surface area contributed by atoms with Crippen LogP contribution >= 0.6 is 11.3 Å². The van der Waals surface area contributed by atoms with Gasteiger partial charge in [0.15, 0.2) is 0 Å².